The van der Waals surface area contributed by atoms with Gasteiger partial charge in [0.15, 0.2) is 0 Å². The molecular weight excluding hydrogens is 246 g/mol. The summed E-state index contributed by atoms with van der Waals surface area (Å²) >= 11 is 0. The molecule has 1 aromatic heterocycles. The van der Waals surface area contributed by atoms with Gasteiger partial charge in [0.2, 0.25) is 0 Å². The van der Waals surface area contributed by atoms with Crippen LogP contribution in [0.25, 0.3) is 11.0 Å². The van der Waals surface area contributed by atoms with Crippen LogP contribution in [0, 0.1) is 6.92 Å². The topological polar surface area (TPSA) is 54.7 Å². The van der Waals surface area contributed by atoms with Gasteiger partial charge in [-0.15, -0.1) is 0 Å². The summed E-state index contributed by atoms with van der Waals surface area (Å²) in [5, 5.41) is 0. The van der Waals surface area contributed by atoms with Gasteiger partial charge in [0.25, 0.3) is 0 Å². The fourth-order valence-electron chi connectivity index (χ4n) is 2.40. The van der Waals surface area contributed by atoms with E-state index in [1.165, 1.54) is 11.1 Å². The van der Waals surface area contributed by atoms with Crippen LogP contribution in [-0.4, -0.2) is 9.97 Å². The van der Waals surface area contributed by atoms with Crippen molar-refractivity contribution in [3.8, 4) is 0 Å². The molecule has 0 unspecified atom stereocenters. The van der Waals surface area contributed by atoms with Crippen molar-refractivity contribution in [1.82, 2.24) is 9.97 Å². The monoisotopic (exact) mass is 265 g/mol. The van der Waals surface area contributed by atoms with E-state index in [1.54, 1.807) is 0 Å². The summed E-state index contributed by atoms with van der Waals surface area (Å²) in [6.07, 6.45) is 1.89. The highest BCUT2D eigenvalue weighted by Gasteiger charge is 2.06. The first-order chi connectivity index (χ1) is 9.65. The van der Waals surface area contributed by atoms with Gasteiger partial charge in [-0.1, -0.05) is 31.2 Å². The number of aryl methyl sites for hydroxylation is 2. The van der Waals surface area contributed by atoms with Gasteiger partial charge in [-0.25, -0.2) is 4.98 Å². The lowest BCUT2D eigenvalue weighted by molar-refractivity contribution is 1.03. The summed E-state index contributed by atoms with van der Waals surface area (Å²) in [6, 6.07) is 12.7. The summed E-state index contributed by atoms with van der Waals surface area (Å²) < 4.78 is 0. The Morgan fingerprint density at radius 2 is 1.80 bits per heavy atom. The van der Waals surface area contributed by atoms with Crippen molar-refractivity contribution in [1.29, 1.82) is 0 Å². The maximum Gasteiger partial charge on any atom is 0.111 e. The predicted octanol–water partition coefficient (Wildman–Crippen LogP) is 3.61. The number of H-pyrrole nitrogens is 1. The van der Waals surface area contributed by atoms with E-state index in [4.69, 9.17) is 5.73 Å². The van der Waals surface area contributed by atoms with Crippen molar-refractivity contribution in [2.45, 2.75) is 26.7 Å². The van der Waals surface area contributed by atoms with E-state index in [-0.39, 0.29) is 0 Å². The van der Waals surface area contributed by atoms with Crippen LogP contribution >= 0.6 is 0 Å². The Morgan fingerprint density at radius 3 is 2.50 bits per heavy atom. The normalized spacial score (nSPS) is 11.1. The number of anilines is 1. The van der Waals surface area contributed by atoms with E-state index in [2.05, 4.69) is 47.2 Å². The Kier molecular flexibility index (Phi) is 3.18. The summed E-state index contributed by atoms with van der Waals surface area (Å²) in [5.41, 5.74) is 12.4. The molecule has 0 aliphatic carbocycles. The first-order valence-corrected chi connectivity index (χ1v) is 6.98. The Labute approximate surface area is 118 Å². The Hall–Kier alpha value is -2.29. The van der Waals surface area contributed by atoms with Gasteiger partial charge in [-0.05, 0) is 42.2 Å². The van der Waals surface area contributed by atoms with E-state index in [0.717, 1.165) is 41.0 Å². The molecule has 20 heavy (non-hydrogen) atoms. The second kappa shape index (κ2) is 5.00. The van der Waals surface area contributed by atoms with Crippen LogP contribution in [0.1, 0.15) is 29.4 Å². The fraction of sp³-hybridized carbons (Fsp3) is 0.235. The van der Waals surface area contributed by atoms with Crippen LogP contribution in [0.3, 0.4) is 0 Å². The van der Waals surface area contributed by atoms with Gasteiger partial charge < -0.3 is 10.7 Å². The lowest BCUT2D eigenvalue weighted by Crippen LogP contribution is -1.91. The molecule has 0 aliphatic heterocycles. The molecule has 3 aromatic rings. The molecule has 3 heteroatoms. The number of aromatic nitrogens is 2. The number of fused-ring (bicyclic) bond motifs is 1. The van der Waals surface area contributed by atoms with Gasteiger partial charge in [-0.3, -0.25) is 0 Å². The molecule has 0 fully saturated rings. The standard InChI is InChI=1S/C17H19N3/c1-3-12-4-6-13(7-5-12)9-17-19-15-8-11(2)14(18)10-16(15)20-17/h4-8,10H,3,9,18H2,1-2H3,(H,19,20). The number of hydrogen-bond acceptors (Lipinski definition) is 2. The van der Waals surface area contributed by atoms with Crippen LogP contribution in [0.4, 0.5) is 5.69 Å². The van der Waals surface area contributed by atoms with Crippen LogP contribution in [-0.2, 0) is 12.8 Å². The van der Waals surface area contributed by atoms with Crippen molar-refractivity contribution in [2.24, 2.45) is 0 Å². The summed E-state index contributed by atoms with van der Waals surface area (Å²) in [5.74, 6) is 0.981. The largest absolute Gasteiger partial charge is 0.398 e. The number of nitrogens with one attached hydrogen (secondary N) is 1. The van der Waals surface area contributed by atoms with E-state index >= 15 is 0 Å². The first-order valence-electron chi connectivity index (χ1n) is 6.98. The maximum absolute atomic E-state index is 5.93. The van der Waals surface area contributed by atoms with Gasteiger partial charge in [0.05, 0.1) is 11.0 Å². The van der Waals surface area contributed by atoms with Crippen molar-refractivity contribution < 1.29 is 0 Å². The molecule has 2 aromatic carbocycles. The Balaban J connectivity index is 1.90. The average molecular weight is 265 g/mol. The zero-order valence-corrected chi connectivity index (χ0v) is 11.9. The van der Waals surface area contributed by atoms with Gasteiger partial charge in [0.1, 0.15) is 5.82 Å². The third-order valence-corrected chi connectivity index (χ3v) is 3.72. The zero-order valence-electron chi connectivity index (χ0n) is 11.9. The minimum absolute atomic E-state index is 0.794. The van der Waals surface area contributed by atoms with Crippen LogP contribution in [0.2, 0.25) is 0 Å². The highest BCUT2D eigenvalue weighted by Crippen LogP contribution is 2.20. The van der Waals surface area contributed by atoms with Crippen molar-refractivity contribution in [3.05, 3.63) is 58.9 Å². The van der Waals surface area contributed by atoms with Crippen LogP contribution in [0.5, 0.6) is 0 Å². The maximum atomic E-state index is 5.93. The number of rotatable bonds is 3. The van der Waals surface area contributed by atoms with Crippen LogP contribution in [0.15, 0.2) is 36.4 Å². The number of hydrogen-bond donors (Lipinski definition) is 2. The first kappa shape index (κ1) is 12.7. The molecular formula is C17H19N3. The molecule has 0 aliphatic rings. The number of nitrogens with zero attached hydrogens (tertiary/aromatic N) is 1. The number of benzene rings is 2. The minimum Gasteiger partial charge on any atom is -0.398 e. The SMILES string of the molecule is CCc1ccc(Cc2nc3cc(N)c(C)cc3[nH]2)cc1. The van der Waals surface area contributed by atoms with Gasteiger partial charge in [0, 0.05) is 12.1 Å². The number of nitrogens with two attached hydrogens (primary N) is 1. The molecule has 3 nitrogen and oxygen atoms in total. The molecule has 1 heterocycles. The van der Waals surface area contributed by atoms with E-state index in [1.807, 2.05) is 13.0 Å². The van der Waals surface area contributed by atoms with E-state index in [0.29, 0.717) is 0 Å². The lowest BCUT2D eigenvalue weighted by atomic mass is 10.1. The third-order valence-electron chi connectivity index (χ3n) is 3.72. The highest BCUT2D eigenvalue weighted by atomic mass is 14.9. The van der Waals surface area contributed by atoms with Crippen molar-refractivity contribution in [2.75, 3.05) is 5.73 Å². The molecule has 0 saturated carbocycles. The molecule has 102 valence electrons. The third kappa shape index (κ3) is 2.39. The smallest absolute Gasteiger partial charge is 0.111 e. The van der Waals surface area contributed by atoms with Crippen LogP contribution < -0.4 is 5.73 Å². The summed E-state index contributed by atoms with van der Waals surface area (Å²) in [7, 11) is 0. The molecule has 0 spiro atoms. The van der Waals surface area contributed by atoms with Gasteiger partial charge >= 0.3 is 0 Å². The zero-order chi connectivity index (χ0) is 14.1. The quantitative estimate of drug-likeness (QED) is 0.711. The second-order valence-corrected chi connectivity index (χ2v) is 5.26. The molecule has 0 radical (unpaired) electrons. The highest BCUT2D eigenvalue weighted by molar-refractivity contribution is 5.80. The molecule has 0 amide bonds. The van der Waals surface area contributed by atoms with Crippen molar-refractivity contribution >= 4 is 16.7 Å². The molecule has 3 N–H and O–H groups in total. The number of aromatic amines is 1. The summed E-state index contributed by atoms with van der Waals surface area (Å²) in [4.78, 5) is 7.99. The fourth-order valence-corrected chi connectivity index (χ4v) is 2.40. The van der Waals surface area contributed by atoms with E-state index < -0.39 is 0 Å². The predicted molar refractivity (Wildman–Crippen MR) is 83.9 cm³/mol. The number of nitrogen functional groups attached to an aromatic ring is 1. The Bertz CT molecular complexity index is 700. The van der Waals surface area contributed by atoms with Gasteiger partial charge in [-0.2, -0.15) is 0 Å². The van der Waals surface area contributed by atoms with Crippen molar-refractivity contribution in [3.63, 3.8) is 0 Å². The second-order valence-electron chi connectivity index (χ2n) is 5.26. The molecule has 0 atom stereocenters. The molecule has 0 saturated heterocycles. The molecule has 3 rings (SSSR count). The molecule has 0 bridgehead atoms. The Morgan fingerprint density at radius 1 is 1.10 bits per heavy atom. The lowest BCUT2D eigenvalue weighted by Gasteiger charge is -2.00. The summed E-state index contributed by atoms with van der Waals surface area (Å²) in [6.45, 7) is 4.18. The minimum atomic E-state index is 0.794. The number of imidazole rings is 1. The average Bonchev–Trinajstić information content (AvgIpc) is 2.81. The van der Waals surface area contributed by atoms with E-state index in [9.17, 15) is 0 Å².